The molecule has 0 spiro atoms. The van der Waals surface area contributed by atoms with E-state index in [1.54, 1.807) is 18.2 Å². The lowest BCUT2D eigenvalue weighted by atomic mass is 10.1. The zero-order valence-corrected chi connectivity index (χ0v) is 13.5. The molecule has 0 aliphatic rings. The molecule has 21 heavy (non-hydrogen) atoms. The molecule has 0 aliphatic carbocycles. The second kappa shape index (κ2) is 6.91. The number of rotatable bonds is 4. The molecular formula is C15H12BrClFNO2. The van der Waals surface area contributed by atoms with Crippen molar-refractivity contribution in [3.05, 3.63) is 62.8 Å². The second-order valence-electron chi connectivity index (χ2n) is 4.23. The zero-order chi connectivity index (χ0) is 15.4. The first-order chi connectivity index (χ1) is 10.0. The molecule has 0 fully saturated rings. The van der Waals surface area contributed by atoms with Crippen molar-refractivity contribution in [1.82, 2.24) is 5.32 Å². The number of amides is 1. The maximum absolute atomic E-state index is 13.2. The largest absolute Gasteiger partial charge is 0.496 e. The normalized spacial score (nSPS) is 10.3. The molecule has 0 heterocycles. The van der Waals surface area contributed by atoms with Crippen LogP contribution in [0.25, 0.3) is 0 Å². The van der Waals surface area contributed by atoms with E-state index in [0.717, 1.165) is 0 Å². The van der Waals surface area contributed by atoms with Gasteiger partial charge >= 0.3 is 0 Å². The van der Waals surface area contributed by atoms with Gasteiger partial charge in [-0.15, -0.1) is 0 Å². The number of halogens is 3. The molecule has 2 rings (SSSR count). The predicted molar refractivity (Wildman–Crippen MR) is 83.3 cm³/mol. The van der Waals surface area contributed by atoms with Crippen molar-refractivity contribution in [1.29, 1.82) is 0 Å². The fraction of sp³-hybridized carbons (Fsp3) is 0.133. The zero-order valence-electron chi connectivity index (χ0n) is 11.1. The van der Waals surface area contributed by atoms with Crippen LogP contribution in [0.15, 0.2) is 40.9 Å². The Morgan fingerprint density at radius 2 is 2.14 bits per heavy atom. The maximum Gasteiger partial charge on any atom is 0.252 e. The Morgan fingerprint density at radius 1 is 1.38 bits per heavy atom. The summed E-state index contributed by atoms with van der Waals surface area (Å²) in [6.07, 6.45) is 0. The van der Waals surface area contributed by atoms with Crippen LogP contribution in [-0.4, -0.2) is 13.0 Å². The van der Waals surface area contributed by atoms with Crippen LogP contribution in [0.3, 0.4) is 0 Å². The second-order valence-corrected chi connectivity index (χ2v) is 5.49. The van der Waals surface area contributed by atoms with E-state index in [1.165, 1.54) is 25.3 Å². The average Bonchev–Trinajstić information content (AvgIpc) is 2.47. The Kier molecular flexibility index (Phi) is 5.20. The molecule has 0 aliphatic heterocycles. The summed E-state index contributed by atoms with van der Waals surface area (Å²) >= 11 is 9.32. The van der Waals surface area contributed by atoms with Gasteiger partial charge < -0.3 is 10.1 Å². The van der Waals surface area contributed by atoms with E-state index in [0.29, 0.717) is 20.8 Å². The highest BCUT2D eigenvalue weighted by Crippen LogP contribution is 2.26. The van der Waals surface area contributed by atoms with Crippen LogP contribution in [0.2, 0.25) is 5.02 Å². The summed E-state index contributed by atoms with van der Waals surface area (Å²) in [5.41, 5.74) is 0.892. The van der Waals surface area contributed by atoms with Gasteiger partial charge in [-0.2, -0.15) is 0 Å². The van der Waals surface area contributed by atoms with Gasteiger partial charge in [0, 0.05) is 21.6 Å². The van der Waals surface area contributed by atoms with Crippen molar-refractivity contribution in [2.75, 3.05) is 7.11 Å². The summed E-state index contributed by atoms with van der Waals surface area (Å²) in [4.78, 5) is 12.1. The van der Waals surface area contributed by atoms with Crippen molar-refractivity contribution in [2.24, 2.45) is 0 Å². The smallest absolute Gasteiger partial charge is 0.252 e. The van der Waals surface area contributed by atoms with Gasteiger partial charge in [-0.1, -0.05) is 17.7 Å². The SMILES string of the molecule is COc1cccc(Cl)c1CNC(=O)c1cc(F)ccc1Br. The van der Waals surface area contributed by atoms with E-state index < -0.39 is 11.7 Å². The van der Waals surface area contributed by atoms with Crippen molar-refractivity contribution < 1.29 is 13.9 Å². The Morgan fingerprint density at radius 3 is 2.86 bits per heavy atom. The number of hydrogen-bond acceptors (Lipinski definition) is 2. The summed E-state index contributed by atoms with van der Waals surface area (Å²) in [6.45, 7) is 0.185. The van der Waals surface area contributed by atoms with Crippen molar-refractivity contribution in [3.8, 4) is 5.75 Å². The molecule has 0 aromatic heterocycles. The van der Waals surface area contributed by atoms with Gasteiger partial charge in [-0.3, -0.25) is 4.79 Å². The van der Waals surface area contributed by atoms with Gasteiger partial charge in [0.05, 0.1) is 12.7 Å². The van der Waals surface area contributed by atoms with Crippen LogP contribution in [-0.2, 0) is 6.54 Å². The minimum Gasteiger partial charge on any atom is -0.496 e. The quantitative estimate of drug-likeness (QED) is 0.874. The summed E-state index contributed by atoms with van der Waals surface area (Å²) in [5, 5.41) is 3.19. The average molecular weight is 373 g/mol. The molecule has 110 valence electrons. The maximum atomic E-state index is 13.2. The fourth-order valence-electron chi connectivity index (χ4n) is 1.84. The summed E-state index contributed by atoms with van der Waals surface area (Å²) in [7, 11) is 1.53. The molecule has 0 saturated carbocycles. The Balaban J connectivity index is 2.17. The summed E-state index contributed by atoms with van der Waals surface area (Å²) in [5.74, 6) is -0.289. The third-order valence-corrected chi connectivity index (χ3v) is 3.94. The van der Waals surface area contributed by atoms with E-state index in [1.807, 2.05) is 0 Å². The lowest BCUT2D eigenvalue weighted by molar-refractivity contribution is 0.0949. The third-order valence-electron chi connectivity index (χ3n) is 2.89. The summed E-state index contributed by atoms with van der Waals surface area (Å²) in [6, 6.07) is 9.16. The fourth-order valence-corrected chi connectivity index (χ4v) is 2.50. The van der Waals surface area contributed by atoms with E-state index in [4.69, 9.17) is 16.3 Å². The highest BCUT2D eigenvalue weighted by atomic mass is 79.9. The monoisotopic (exact) mass is 371 g/mol. The first-order valence-electron chi connectivity index (χ1n) is 6.07. The van der Waals surface area contributed by atoms with Crippen LogP contribution in [0.4, 0.5) is 4.39 Å². The molecular weight excluding hydrogens is 361 g/mol. The van der Waals surface area contributed by atoms with Crippen molar-refractivity contribution in [3.63, 3.8) is 0 Å². The number of benzene rings is 2. The van der Waals surface area contributed by atoms with Gasteiger partial charge in [0.2, 0.25) is 0 Å². The third kappa shape index (κ3) is 3.74. The molecule has 2 aromatic rings. The van der Waals surface area contributed by atoms with Crippen molar-refractivity contribution in [2.45, 2.75) is 6.54 Å². The Bertz CT molecular complexity index is 679. The first-order valence-corrected chi connectivity index (χ1v) is 7.24. The van der Waals surface area contributed by atoms with Gasteiger partial charge in [0.15, 0.2) is 0 Å². The van der Waals surface area contributed by atoms with Crippen LogP contribution in [0, 0.1) is 5.82 Å². The molecule has 0 saturated heterocycles. The molecule has 0 radical (unpaired) electrons. The number of hydrogen-bond donors (Lipinski definition) is 1. The lowest BCUT2D eigenvalue weighted by Crippen LogP contribution is -2.23. The minimum atomic E-state index is -0.473. The minimum absolute atomic E-state index is 0.185. The highest BCUT2D eigenvalue weighted by molar-refractivity contribution is 9.10. The van der Waals surface area contributed by atoms with E-state index in [-0.39, 0.29) is 12.1 Å². The molecule has 1 amide bonds. The van der Waals surface area contributed by atoms with Crippen molar-refractivity contribution >= 4 is 33.4 Å². The molecule has 3 nitrogen and oxygen atoms in total. The van der Waals surface area contributed by atoms with Gasteiger partial charge in [0.25, 0.3) is 5.91 Å². The van der Waals surface area contributed by atoms with Gasteiger partial charge in [0.1, 0.15) is 11.6 Å². The van der Waals surface area contributed by atoms with Crippen LogP contribution < -0.4 is 10.1 Å². The Hall–Kier alpha value is -1.59. The summed E-state index contributed by atoms with van der Waals surface area (Å²) < 4.78 is 18.9. The van der Waals surface area contributed by atoms with Gasteiger partial charge in [-0.05, 0) is 46.3 Å². The molecule has 2 aromatic carbocycles. The molecule has 0 atom stereocenters. The van der Waals surface area contributed by atoms with Crippen LogP contribution >= 0.6 is 27.5 Å². The van der Waals surface area contributed by atoms with E-state index in [9.17, 15) is 9.18 Å². The van der Waals surface area contributed by atoms with E-state index in [2.05, 4.69) is 21.2 Å². The lowest BCUT2D eigenvalue weighted by Gasteiger charge is -2.12. The van der Waals surface area contributed by atoms with Crippen LogP contribution in [0.5, 0.6) is 5.75 Å². The van der Waals surface area contributed by atoms with E-state index >= 15 is 0 Å². The number of carbonyl (C=O) groups is 1. The van der Waals surface area contributed by atoms with Crippen LogP contribution in [0.1, 0.15) is 15.9 Å². The first kappa shape index (κ1) is 15.8. The van der Waals surface area contributed by atoms with Gasteiger partial charge in [-0.25, -0.2) is 4.39 Å². The topological polar surface area (TPSA) is 38.3 Å². The molecule has 1 N–H and O–H groups in total. The standard InChI is InChI=1S/C15H12BrClFNO2/c1-21-14-4-2-3-13(17)11(14)8-19-15(20)10-7-9(18)5-6-12(10)16/h2-7H,8H2,1H3,(H,19,20). The highest BCUT2D eigenvalue weighted by Gasteiger charge is 2.13. The molecule has 0 unspecified atom stereocenters. The Labute approximate surface area is 135 Å². The molecule has 0 bridgehead atoms. The predicted octanol–water partition coefficient (Wildman–Crippen LogP) is 4.18. The number of nitrogens with one attached hydrogen (secondary N) is 1. The number of methoxy groups -OCH3 is 1. The number of carbonyl (C=O) groups excluding carboxylic acids is 1. The number of ether oxygens (including phenoxy) is 1. The molecule has 6 heteroatoms.